The second-order valence-electron chi connectivity index (χ2n) is 16.5. The maximum Gasteiger partial charge on any atom is 0.143 e. The standard InChI is InChI=1S/C62H41NO/c1-4-13-42(14-5-1)51-38-52(43-15-6-2-7-16-43)40-55(39-51)63(53-31-25-44(26-32-53)48-29-35-57-50(37-48)24-23-47-19-10-11-20-56(47)57)54-33-27-45(28-34-54)49-30-36-61-60(41-49)59-22-12-21-58(62(59)64-61)46-17-8-3-9-18-46/h1-41H. The van der Waals surface area contributed by atoms with Gasteiger partial charge in [-0.15, -0.1) is 0 Å². The predicted molar refractivity (Wildman–Crippen MR) is 271 cm³/mol. The van der Waals surface area contributed by atoms with E-state index >= 15 is 0 Å². The van der Waals surface area contributed by atoms with E-state index in [-0.39, 0.29) is 0 Å². The first kappa shape index (κ1) is 37.3. The van der Waals surface area contributed by atoms with Gasteiger partial charge in [0.2, 0.25) is 0 Å². The van der Waals surface area contributed by atoms with E-state index in [0.29, 0.717) is 0 Å². The highest BCUT2D eigenvalue weighted by Crippen LogP contribution is 2.42. The molecule has 2 nitrogen and oxygen atoms in total. The van der Waals surface area contributed by atoms with Crippen LogP contribution in [0.1, 0.15) is 0 Å². The fraction of sp³-hybridized carbons (Fsp3) is 0. The van der Waals surface area contributed by atoms with Crippen LogP contribution in [0.5, 0.6) is 0 Å². The summed E-state index contributed by atoms with van der Waals surface area (Å²) in [5.41, 5.74) is 16.6. The first-order chi connectivity index (χ1) is 31.7. The molecule has 0 saturated carbocycles. The summed E-state index contributed by atoms with van der Waals surface area (Å²) in [6, 6.07) is 89.7. The first-order valence-corrected chi connectivity index (χ1v) is 21.9. The van der Waals surface area contributed by atoms with Gasteiger partial charge in [0.1, 0.15) is 11.2 Å². The van der Waals surface area contributed by atoms with Gasteiger partial charge in [0.05, 0.1) is 0 Å². The summed E-state index contributed by atoms with van der Waals surface area (Å²) in [7, 11) is 0. The summed E-state index contributed by atoms with van der Waals surface area (Å²) in [4.78, 5) is 2.39. The van der Waals surface area contributed by atoms with Gasteiger partial charge in [0.15, 0.2) is 0 Å². The van der Waals surface area contributed by atoms with Crippen molar-refractivity contribution in [3.8, 4) is 55.6 Å². The van der Waals surface area contributed by atoms with E-state index in [1.165, 1.54) is 43.8 Å². The second-order valence-corrected chi connectivity index (χ2v) is 16.5. The van der Waals surface area contributed by atoms with Crippen LogP contribution in [0.25, 0.3) is 99.1 Å². The molecule has 12 rings (SSSR count). The van der Waals surface area contributed by atoms with E-state index in [0.717, 1.165) is 72.4 Å². The Balaban J connectivity index is 0.961. The van der Waals surface area contributed by atoms with Gasteiger partial charge in [-0.25, -0.2) is 0 Å². The lowest BCUT2D eigenvalue weighted by atomic mass is 9.96. The van der Waals surface area contributed by atoms with E-state index < -0.39 is 0 Å². The van der Waals surface area contributed by atoms with Gasteiger partial charge < -0.3 is 9.32 Å². The molecule has 0 unspecified atom stereocenters. The molecule has 2 heteroatoms. The van der Waals surface area contributed by atoms with Gasteiger partial charge in [-0.2, -0.15) is 0 Å². The molecule has 0 aliphatic rings. The van der Waals surface area contributed by atoms with Crippen LogP contribution in [0.2, 0.25) is 0 Å². The molecule has 12 aromatic rings. The second kappa shape index (κ2) is 15.8. The molecule has 0 fully saturated rings. The third-order valence-corrected chi connectivity index (χ3v) is 12.6. The van der Waals surface area contributed by atoms with Crippen LogP contribution in [0.15, 0.2) is 253 Å². The van der Waals surface area contributed by atoms with Crippen molar-refractivity contribution in [2.45, 2.75) is 0 Å². The third-order valence-electron chi connectivity index (χ3n) is 12.6. The van der Waals surface area contributed by atoms with Crippen LogP contribution in [0.4, 0.5) is 17.1 Å². The summed E-state index contributed by atoms with van der Waals surface area (Å²) in [6.45, 7) is 0. The Bertz CT molecular complexity index is 3570. The minimum atomic E-state index is 0.887. The number of furan rings is 1. The Morgan fingerprint density at radius 1 is 0.250 bits per heavy atom. The zero-order chi connectivity index (χ0) is 42.4. The van der Waals surface area contributed by atoms with E-state index in [4.69, 9.17) is 4.42 Å². The first-order valence-electron chi connectivity index (χ1n) is 21.9. The molecule has 1 aromatic heterocycles. The van der Waals surface area contributed by atoms with Crippen molar-refractivity contribution in [2.75, 3.05) is 4.90 Å². The Morgan fingerprint density at radius 2 is 0.750 bits per heavy atom. The zero-order valence-corrected chi connectivity index (χ0v) is 35.0. The number of hydrogen-bond acceptors (Lipinski definition) is 2. The number of nitrogens with zero attached hydrogens (tertiary/aromatic N) is 1. The third kappa shape index (κ3) is 6.79. The average molecular weight is 816 g/mol. The molecule has 1 heterocycles. The molecule has 0 aliphatic heterocycles. The molecule has 0 saturated heterocycles. The van der Waals surface area contributed by atoms with Crippen molar-refractivity contribution in [1.29, 1.82) is 0 Å². The summed E-state index contributed by atoms with van der Waals surface area (Å²) >= 11 is 0. The lowest BCUT2D eigenvalue weighted by Gasteiger charge is -2.27. The topological polar surface area (TPSA) is 16.4 Å². The van der Waals surface area contributed by atoms with E-state index in [1.54, 1.807) is 0 Å². The monoisotopic (exact) mass is 815 g/mol. The van der Waals surface area contributed by atoms with Gasteiger partial charge >= 0.3 is 0 Å². The Labute approximate surface area is 372 Å². The Kier molecular flexibility index (Phi) is 9.20. The van der Waals surface area contributed by atoms with Gasteiger partial charge in [-0.05, 0) is 132 Å². The lowest BCUT2D eigenvalue weighted by molar-refractivity contribution is 0.670. The predicted octanol–water partition coefficient (Wildman–Crippen LogP) is 17.7. The van der Waals surface area contributed by atoms with Crippen molar-refractivity contribution >= 4 is 60.5 Å². The molecule has 11 aromatic carbocycles. The molecule has 0 aliphatic carbocycles. The SMILES string of the molecule is c1ccc(-c2cc(-c3ccccc3)cc(N(c3ccc(-c4ccc5c(ccc6ccccc65)c4)cc3)c3ccc(-c4ccc5oc6c(-c7ccccc7)cccc6c5c4)cc3)c2)cc1. The molecule has 0 spiro atoms. The zero-order valence-electron chi connectivity index (χ0n) is 35.0. The number of fused-ring (bicyclic) bond motifs is 6. The van der Waals surface area contributed by atoms with E-state index in [1.807, 2.05) is 6.07 Å². The Morgan fingerprint density at radius 3 is 1.41 bits per heavy atom. The molecule has 0 radical (unpaired) electrons. The van der Waals surface area contributed by atoms with E-state index in [2.05, 4.69) is 248 Å². The highest BCUT2D eigenvalue weighted by Gasteiger charge is 2.18. The molecule has 0 N–H and O–H groups in total. The number of benzene rings is 11. The van der Waals surface area contributed by atoms with Gasteiger partial charge in [-0.3, -0.25) is 0 Å². The van der Waals surface area contributed by atoms with Crippen molar-refractivity contribution in [2.24, 2.45) is 0 Å². The average Bonchev–Trinajstić information content (AvgIpc) is 3.76. The molecular weight excluding hydrogens is 775 g/mol. The molecule has 64 heavy (non-hydrogen) atoms. The summed E-state index contributed by atoms with van der Waals surface area (Å²) in [5, 5.41) is 7.29. The molecular formula is C62H41NO. The van der Waals surface area contributed by atoms with Crippen LogP contribution >= 0.6 is 0 Å². The van der Waals surface area contributed by atoms with Gasteiger partial charge in [-0.1, -0.05) is 188 Å². The fourth-order valence-corrected chi connectivity index (χ4v) is 9.40. The van der Waals surface area contributed by atoms with Crippen LogP contribution in [0, 0.1) is 0 Å². The quantitative estimate of drug-likeness (QED) is 0.142. The van der Waals surface area contributed by atoms with Crippen LogP contribution in [0.3, 0.4) is 0 Å². The molecule has 0 amide bonds. The van der Waals surface area contributed by atoms with Crippen molar-refractivity contribution in [3.63, 3.8) is 0 Å². The number of anilines is 3. The molecule has 0 atom stereocenters. The maximum absolute atomic E-state index is 6.52. The lowest BCUT2D eigenvalue weighted by Crippen LogP contribution is -2.10. The van der Waals surface area contributed by atoms with Gasteiger partial charge in [0, 0.05) is 33.4 Å². The molecule has 300 valence electrons. The number of rotatable bonds is 8. The van der Waals surface area contributed by atoms with Gasteiger partial charge in [0.25, 0.3) is 0 Å². The normalized spacial score (nSPS) is 11.4. The minimum absolute atomic E-state index is 0.887. The van der Waals surface area contributed by atoms with Crippen LogP contribution in [-0.2, 0) is 0 Å². The Hall–Kier alpha value is -8.46. The summed E-state index contributed by atoms with van der Waals surface area (Å²) in [5.74, 6) is 0. The summed E-state index contributed by atoms with van der Waals surface area (Å²) in [6.07, 6.45) is 0. The minimum Gasteiger partial charge on any atom is -0.455 e. The highest BCUT2D eigenvalue weighted by molar-refractivity contribution is 6.11. The largest absolute Gasteiger partial charge is 0.455 e. The smallest absolute Gasteiger partial charge is 0.143 e. The van der Waals surface area contributed by atoms with Crippen molar-refractivity contribution < 1.29 is 4.42 Å². The maximum atomic E-state index is 6.52. The van der Waals surface area contributed by atoms with E-state index in [9.17, 15) is 0 Å². The number of para-hydroxylation sites is 1. The van der Waals surface area contributed by atoms with Crippen molar-refractivity contribution in [3.05, 3.63) is 249 Å². The van der Waals surface area contributed by atoms with Crippen LogP contribution < -0.4 is 4.90 Å². The van der Waals surface area contributed by atoms with Crippen molar-refractivity contribution in [1.82, 2.24) is 0 Å². The fourth-order valence-electron chi connectivity index (χ4n) is 9.40. The summed E-state index contributed by atoms with van der Waals surface area (Å²) < 4.78 is 6.52. The highest BCUT2D eigenvalue weighted by atomic mass is 16.3. The molecule has 0 bridgehead atoms. The van der Waals surface area contributed by atoms with Crippen LogP contribution in [-0.4, -0.2) is 0 Å². The number of hydrogen-bond donors (Lipinski definition) is 0.